The van der Waals surface area contributed by atoms with Crippen LogP contribution in [-0.2, 0) is 11.3 Å². The van der Waals surface area contributed by atoms with Crippen LogP contribution in [0.2, 0.25) is 5.02 Å². The summed E-state index contributed by atoms with van der Waals surface area (Å²) in [4.78, 5) is 15.3. The topological polar surface area (TPSA) is 25.2 Å². The van der Waals surface area contributed by atoms with Crippen LogP contribution in [0.25, 0.3) is 17.0 Å². The van der Waals surface area contributed by atoms with Crippen LogP contribution >= 0.6 is 51.5 Å². The fourth-order valence-electron chi connectivity index (χ4n) is 3.81. The molecule has 4 aromatic rings. The van der Waals surface area contributed by atoms with Gasteiger partial charge in [-0.05, 0) is 48.5 Å². The van der Waals surface area contributed by atoms with Gasteiger partial charge in [-0.1, -0.05) is 75.8 Å². The molecule has 3 nitrogen and oxygen atoms in total. The molecular formula is C25H15BrClFN2OS2. The van der Waals surface area contributed by atoms with E-state index >= 15 is 0 Å². The molecule has 0 atom stereocenters. The predicted octanol–water partition coefficient (Wildman–Crippen LogP) is 7.65. The highest BCUT2D eigenvalue weighted by Crippen LogP contribution is 2.37. The second kappa shape index (κ2) is 9.06. The first kappa shape index (κ1) is 22.3. The van der Waals surface area contributed by atoms with E-state index in [1.54, 1.807) is 17.0 Å². The first-order valence-corrected chi connectivity index (χ1v) is 12.4. The van der Waals surface area contributed by atoms with E-state index in [2.05, 4.69) is 15.9 Å². The molecule has 1 aliphatic heterocycles. The predicted molar refractivity (Wildman–Crippen MR) is 142 cm³/mol. The van der Waals surface area contributed by atoms with Crippen LogP contribution in [0.4, 0.5) is 10.1 Å². The molecule has 8 heteroatoms. The van der Waals surface area contributed by atoms with Crippen molar-refractivity contribution >= 4 is 84.4 Å². The Labute approximate surface area is 213 Å². The van der Waals surface area contributed by atoms with Gasteiger partial charge in [0.05, 0.1) is 17.1 Å². The summed E-state index contributed by atoms with van der Waals surface area (Å²) in [5.74, 6) is -0.518. The summed E-state index contributed by atoms with van der Waals surface area (Å²) >= 11 is 16.6. The monoisotopic (exact) mass is 556 g/mol. The number of para-hydroxylation sites is 1. The standard InChI is InChI=1S/C25H15BrClFN2OS2/c26-16-9-10-22-18(12-16)15(13-29(22)14-19-20(27)7-4-8-21(19)28)11-23-24(31)30(25(32)33-23)17-5-2-1-3-6-17/h1-13H,14H2/b23-11-. The van der Waals surface area contributed by atoms with E-state index in [0.717, 1.165) is 26.6 Å². The Bertz CT molecular complexity index is 1430. The van der Waals surface area contributed by atoms with E-state index in [1.807, 2.05) is 65.4 Å². The molecule has 0 N–H and O–H groups in total. The zero-order valence-corrected chi connectivity index (χ0v) is 20.9. The second-order valence-corrected chi connectivity index (χ2v) is 10.4. The number of hydrogen-bond donors (Lipinski definition) is 0. The van der Waals surface area contributed by atoms with Gasteiger partial charge in [-0.25, -0.2) is 4.39 Å². The summed E-state index contributed by atoms with van der Waals surface area (Å²) in [6, 6.07) is 19.9. The lowest BCUT2D eigenvalue weighted by atomic mass is 10.1. The number of benzene rings is 3. The van der Waals surface area contributed by atoms with Gasteiger partial charge in [0.15, 0.2) is 4.32 Å². The molecule has 164 valence electrons. The lowest BCUT2D eigenvalue weighted by Crippen LogP contribution is -2.27. The van der Waals surface area contributed by atoms with E-state index in [9.17, 15) is 9.18 Å². The number of fused-ring (bicyclic) bond motifs is 1. The van der Waals surface area contributed by atoms with E-state index < -0.39 is 0 Å². The van der Waals surface area contributed by atoms with Crippen molar-refractivity contribution in [3.8, 4) is 0 Å². The molecule has 1 amide bonds. The van der Waals surface area contributed by atoms with Crippen LogP contribution in [-0.4, -0.2) is 14.8 Å². The van der Waals surface area contributed by atoms with Crippen LogP contribution in [0.1, 0.15) is 11.1 Å². The van der Waals surface area contributed by atoms with Crippen LogP contribution in [0, 0.1) is 5.82 Å². The van der Waals surface area contributed by atoms with Crippen molar-refractivity contribution in [3.63, 3.8) is 0 Å². The van der Waals surface area contributed by atoms with Gasteiger partial charge in [0, 0.05) is 37.7 Å². The summed E-state index contributed by atoms with van der Waals surface area (Å²) in [5.41, 5.74) is 2.90. The minimum atomic E-state index is -0.355. The van der Waals surface area contributed by atoms with Gasteiger partial charge >= 0.3 is 0 Å². The maximum Gasteiger partial charge on any atom is 0.270 e. The van der Waals surface area contributed by atoms with Crippen molar-refractivity contribution in [2.75, 3.05) is 4.90 Å². The number of carbonyl (C=O) groups is 1. The van der Waals surface area contributed by atoms with Gasteiger partial charge in [0.1, 0.15) is 5.82 Å². The number of amides is 1. The Morgan fingerprint density at radius 1 is 1.09 bits per heavy atom. The molecule has 0 radical (unpaired) electrons. The van der Waals surface area contributed by atoms with E-state index in [0.29, 0.717) is 19.8 Å². The van der Waals surface area contributed by atoms with Crippen molar-refractivity contribution in [3.05, 3.63) is 104 Å². The maximum absolute atomic E-state index is 14.4. The fraction of sp³-hybridized carbons (Fsp3) is 0.0400. The third-order valence-electron chi connectivity index (χ3n) is 5.36. The molecule has 0 bridgehead atoms. The number of rotatable bonds is 4. The van der Waals surface area contributed by atoms with Gasteiger partial charge in [-0.15, -0.1) is 0 Å². The minimum Gasteiger partial charge on any atom is -0.342 e. The van der Waals surface area contributed by atoms with E-state index in [4.69, 9.17) is 23.8 Å². The van der Waals surface area contributed by atoms with E-state index in [1.165, 1.54) is 17.8 Å². The molecule has 5 rings (SSSR count). The molecule has 0 unspecified atom stereocenters. The number of thioether (sulfide) groups is 1. The maximum atomic E-state index is 14.4. The van der Waals surface area contributed by atoms with E-state index in [-0.39, 0.29) is 18.3 Å². The highest BCUT2D eigenvalue weighted by molar-refractivity contribution is 9.10. The molecule has 1 aromatic heterocycles. The number of hydrogen-bond acceptors (Lipinski definition) is 3. The van der Waals surface area contributed by atoms with Crippen molar-refractivity contribution in [2.45, 2.75) is 6.54 Å². The highest BCUT2D eigenvalue weighted by atomic mass is 79.9. The average molecular weight is 558 g/mol. The van der Waals surface area contributed by atoms with Gasteiger partial charge < -0.3 is 4.57 Å². The highest BCUT2D eigenvalue weighted by Gasteiger charge is 2.33. The molecule has 33 heavy (non-hydrogen) atoms. The molecule has 1 aliphatic rings. The van der Waals surface area contributed by atoms with Gasteiger partial charge in [0.25, 0.3) is 5.91 Å². The SMILES string of the molecule is O=C1/C(=C/c2cn(Cc3c(F)cccc3Cl)c3ccc(Br)cc23)SC(=S)N1c1ccccc1. The Balaban J connectivity index is 1.58. The summed E-state index contributed by atoms with van der Waals surface area (Å²) in [7, 11) is 0. The van der Waals surface area contributed by atoms with Crippen molar-refractivity contribution in [2.24, 2.45) is 0 Å². The molecule has 0 aliphatic carbocycles. The Hall–Kier alpha value is -2.45. The summed E-state index contributed by atoms with van der Waals surface area (Å²) in [5, 5.41) is 1.31. The molecule has 0 spiro atoms. The number of thiocarbonyl (C=S) groups is 1. The zero-order chi connectivity index (χ0) is 23.1. The number of nitrogens with zero attached hydrogens (tertiary/aromatic N) is 2. The number of anilines is 1. The number of aromatic nitrogens is 1. The Morgan fingerprint density at radius 3 is 2.64 bits per heavy atom. The summed E-state index contributed by atoms with van der Waals surface area (Å²) < 4.78 is 17.8. The number of carbonyl (C=O) groups excluding carboxylic acids is 1. The molecule has 1 fully saturated rings. The first-order valence-electron chi connectivity index (χ1n) is 9.96. The van der Waals surface area contributed by atoms with Crippen molar-refractivity contribution < 1.29 is 9.18 Å². The van der Waals surface area contributed by atoms with Crippen molar-refractivity contribution in [1.29, 1.82) is 0 Å². The van der Waals surface area contributed by atoms with Gasteiger partial charge in [0.2, 0.25) is 0 Å². The quantitative estimate of drug-likeness (QED) is 0.190. The molecule has 3 aromatic carbocycles. The minimum absolute atomic E-state index is 0.163. The third-order valence-corrected chi connectivity index (χ3v) is 7.51. The molecule has 1 saturated heterocycles. The Kier molecular flexibility index (Phi) is 6.14. The molecular weight excluding hydrogens is 543 g/mol. The van der Waals surface area contributed by atoms with Crippen LogP contribution in [0.3, 0.4) is 0 Å². The molecule has 2 heterocycles. The zero-order valence-electron chi connectivity index (χ0n) is 17.0. The lowest BCUT2D eigenvalue weighted by molar-refractivity contribution is -0.113. The number of halogens is 3. The second-order valence-electron chi connectivity index (χ2n) is 7.43. The smallest absolute Gasteiger partial charge is 0.270 e. The third kappa shape index (κ3) is 4.26. The largest absolute Gasteiger partial charge is 0.342 e. The lowest BCUT2D eigenvalue weighted by Gasteiger charge is -2.13. The average Bonchev–Trinajstić information content (AvgIpc) is 3.27. The summed E-state index contributed by atoms with van der Waals surface area (Å²) in [6.45, 7) is 0.266. The fourth-order valence-corrected chi connectivity index (χ4v) is 5.68. The van der Waals surface area contributed by atoms with Crippen molar-refractivity contribution in [1.82, 2.24) is 4.57 Å². The summed E-state index contributed by atoms with van der Waals surface area (Å²) in [6.07, 6.45) is 3.76. The van der Waals surface area contributed by atoms with Crippen LogP contribution in [0.15, 0.2) is 82.3 Å². The van der Waals surface area contributed by atoms with Crippen LogP contribution < -0.4 is 4.90 Å². The first-order chi connectivity index (χ1) is 15.9. The normalized spacial score (nSPS) is 15.2. The van der Waals surface area contributed by atoms with Gasteiger partial charge in [-0.2, -0.15) is 0 Å². The van der Waals surface area contributed by atoms with Crippen LogP contribution in [0.5, 0.6) is 0 Å². The molecule has 0 saturated carbocycles. The van der Waals surface area contributed by atoms with Gasteiger partial charge in [-0.3, -0.25) is 9.69 Å². The Morgan fingerprint density at radius 2 is 1.88 bits per heavy atom.